The molecular weight excluding hydrogens is 176 g/mol. The number of hydrogen-bond acceptors (Lipinski definition) is 2. The molecule has 0 amide bonds. The van der Waals surface area contributed by atoms with Gasteiger partial charge in [0.15, 0.2) is 6.29 Å². The molecular formula is C12H24O2. The molecule has 0 aromatic carbocycles. The van der Waals surface area contributed by atoms with Crippen molar-refractivity contribution in [1.29, 1.82) is 0 Å². The lowest BCUT2D eigenvalue weighted by Crippen LogP contribution is -2.35. The zero-order chi connectivity index (χ0) is 10.4. The van der Waals surface area contributed by atoms with E-state index in [1.807, 2.05) is 0 Å². The van der Waals surface area contributed by atoms with Gasteiger partial charge in [0.2, 0.25) is 0 Å². The van der Waals surface area contributed by atoms with Crippen LogP contribution in [0.1, 0.15) is 59.3 Å². The molecule has 1 saturated heterocycles. The summed E-state index contributed by atoms with van der Waals surface area (Å²) in [6, 6.07) is 0. The van der Waals surface area contributed by atoms with Gasteiger partial charge in [-0.2, -0.15) is 0 Å². The SMILES string of the molecule is CCCCCCC1O[C@@H](C)C[C@H](C)O1. The molecule has 1 heterocycles. The summed E-state index contributed by atoms with van der Waals surface area (Å²) in [4.78, 5) is 0. The summed E-state index contributed by atoms with van der Waals surface area (Å²) in [5, 5.41) is 0. The lowest BCUT2D eigenvalue weighted by Gasteiger charge is -2.32. The second-order valence-corrected chi connectivity index (χ2v) is 4.41. The number of ether oxygens (including phenoxy) is 2. The molecule has 0 aliphatic carbocycles. The van der Waals surface area contributed by atoms with E-state index in [2.05, 4.69) is 20.8 Å². The Labute approximate surface area is 88.0 Å². The van der Waals surface area contributed by atoms with Crippen LogP contribution in [0.15, 0.2) is 0 Å². The van der Waals surface area contributed by atoms with Crippen LogP contribution < -0.4 is 0 Å². The standard InChI is InChI=1S/C12H24O2/c1-4-5-6-7-8-12-13-10(2)9-11(3)14-12/h10-12H,4-9H2,1-3H3/t10-,11-/m0/s1. The van der Waals surface area contributed by atoms with Crippen molar-refractivity contribution >= 4 is 0 Å². The van der Waals surface area contributed by atoms with E-state index in [9.17, 15) is 0 Å². The van der Waals surface area contributed by atoms with Crippen molar-refractivity contribution in [3.63, 3.8) is 0 Å². The fourth-order valence-electron chi connectivity index (χ4n) is 2.00. The van der Waals surface area contributed by atoms with Gasteiger partial charge in [0.1, 0.15) is 0 Å². The van der Waals surface area contributed by atoms with E-state index in [-0.39, 0.29) is 6.29 Å². The predicted molar refractivity (Wildman–Crippen MR) is 58.3 cm³/mol. The zero-order valence-corrected chi connectivity index (χ0v) is 9.79. The van der Waals surface area contributed by atoms with E-state index in [1.54, 1.807) is 0 Å². The molecule has 1 aliphatic rings. The van der Waals surface area contributed by atoms with Gasteiger partial charge in [-0.3, -0.25) is 0 Å². The fraction of sp³-hybridized carbons (Fsp3) is 1.00. The average Bonchev–Trinajstić information content (AvgIpc) is 2.11. The smallest absolute Gasteiger partial charge is 0.158 e. The lowest BCUT2D eigenvalue weighted by atomic mass is 10.1. The molecule has 1 rings (SSSR count). The van der Waals surface area contributed by atoms with Crippen LogP contribution in [-0.4, -0.2) is 18.5 Å². The molecule has 0 saturated carbocycles. The van der Waals surface area contributed by atoms with E-state index in [0.717, 1.165) is 12.8 Å². The van der Waals surface area contributed by atoms with Crippen LogP contribution in [0.4, 0.5) is 0 Å². The normalized spacial score (nSPS) is 33.2. The largest absolute Gasteiger partial charge is 0.350 e. The molecule has 2 nitrogen and oxygen atoms in total. The summed E-state index contributed by atoms with van der Waals surface area (Å²) in [5.74, 6) is 0. The Morgan fingerprint density at radius 1 is 1.00 bits per heavy atom. The van der Waals surface area contributed by atoms with E-state index >= 15 is 0 Å². The first-order valence-corrected chi connectivity index (χ1v) is 6.03. The van der Waals surface area contributed by atoms with E-state index < -0.39 is 0 Å². The fourth-order valence-corrected chi connectivity index (χ4v) is 2.00. The van der Waals surface area contributed by atoms with E-state index in [1.165, 1.54) is 25.7 Å². The van der Waals surface area contributed by atoms with Gasteiger partial charge in [0, 0.05) is 0 Å². The van der Waals surface area contributed by atoms with Crippen molar-refractivity contribution in [3.8, 4) is 0 Å². The summed E-state index contributed by atoms with van der Waals surface area (Å²) in [6.45, 7) is 6.51. The van der Waals surface area contributed by atoms with Crippen LogP contribution in [0.25, 0.3) is 0 Å². The van der Waals surface area contributed by atoms with Gasteiger partial charge < -0.3 is 9.47 Å². The summed E-state index contributed by atoms with van der Waals surface area (Å²) >= 11 is 0. The Morgan fingerprint density at radius 3 is 2.21 bits per heavy atom. The molecule has 0 aromatic rings. The van der Waals surface area contributed by atoms with Crippen LogP contribution in [0, 0.1) is 0 Å². The molecule has 0 spiro atoms. The molecule has 0 unspecified atom stereocenters. The number of hydrogen-bond donors (Lipinski definition) is 0. The molecule has 2 heteroatoms. The van der Waals surface area contributed by atoms with Crippen molar-refractivity contribution in [2.75, 3.05) is 0 Å². The van der Waals surface area contributed by atoms with Crippen LogP contribution in [0.2, 0.25) is 0 Å². The van der Waals surface area contributed by atoms with Crippen LogP contribution in [0.5, 0.6) is 0 Å². The van der Waals surface area contributed by atoms with Gasteiger partial charge >= 0.3 is 0 Å². The van der Waals surface area contributed by atoms with Crippen molar-refractivity contribution in [3.05, 3.63) is 0 Å². The quantitative estimate of drug-likeness (QED) is 0.632. The van der Waals surface area contributed by atoms with Gasteiger partial charge in [0.05, 0.1) is 12.2 Å². The Kier molecular flexibility index (Phi) is 5.49. The molecule has 1 aliphatic heterocycles. The molecule has 1 fully saturated rings. The molecule has 0 radical (unpaired) electrons. The Bertz CT molecular complexity index is 137. The van der Waals surface area contributed by atoms with Crippen molar-refractivity contribution in [2.45, 2.75) is 77.8 Å². The van der Waals surface area contributed by atoms with Crippen molar-refractivity contribution in [1.82, 2.24) is 0 Å². The molecule has 14 heavy (non-hydrogen) atoms. The van der Waals surface area contributed by atoms with Crippen LogP contribution in [0.3, 0.4) is 0 Å². The third-order valence-corrected chi connectivity index (χ3v) is 2.73. The summed E-state index contributed by atoms with van der Waals surface area (Å²) < 4.78 is 11.4. The van der Waals surface area contributed by atoms with Gasteiger partial charge in [-0.25, -0.2) is 0 Å². The monoisotopic (exact) mass is 200 g/mol. The Hall–Kier alpha value is -0.0800. The van der Waals surface area contributed by atoms with Gasteiger partial charge in [0.25, 0.3) is 0 Å². The minimum Gasteiger partial charge on any atom is -0.350 e. The first kappa shape index (κ1) is 12.0. The zero-order valence-electron chi connectivity index (χ0n) is 9.79. The molecule has 2 atom stereocenters. The average molecular weight is 200 g/mol. The Balaban J connectivity index is 2.10. The maximum atomic E-state index is 5.71. The van der Waals surface area contributed by atoms with Crippen LogP contribution >= 0.6 is 0 Å². The maximum Gasteiger partial charge on any atom is 0.158 e. The first-order chi connectivity index (χ1) is 6.72. The van der Waals surface area contributed by atoms with Crippen LogP contribution in [-0.2, 0) is 9.47 Å². The van der Waals surface area contributed by atoms with E-state index in [4.69, 9.17) is 9.47 Å². The first-order valence-electron chi connectivity index (χ1n) is 6.03. The Morgan fingerprint density at radius 2 is 1.64 bits per heavy atom. The molecule has 0 aromatic heterocycles. The highest BCUT2D eigenvalue weighted by molar-refractivity contribution is 4.65. The van der Waals surface area contributed by atoms with Crippen molar-refractivity contribution < 1.29 is 9.47 Å². The highest BCUT2D eigenvalue weighted by Crippen LogP contribution is 2.21. The summed E-state index contributed by atoms with van der Waals surface area (Å²) in [5.41, 5.74) is 0. The van der Waals surface area contributed by atoms with Gasteiger partial charge in [-0.05, 0) is 33.1 Å². The summed E-state index contributed by atoms with van der Waals surface area (Å²) in [7, 11) is 0. The second-order valence-electron chi connectivity index (χ2n) is 4.41. The van der Waals surface area contributed by atoms with Crippen molar-refractivity contribution in [2.24, 2.45) is 0 Å². The van der Waals surface area contributed by atoms with Gasteiger partial charge in [-0.15, -0.1) is 0 Å². The van der Waals surface area contributed by atoms with Gasteiger partial charge in [-0.1, -0.05) is 26.2 Å². The lowest BCUT2D eigenvalue weighted by molar-refractivity contribution is -0.236. The third kappa shape index (κ3) is 4.43. The minimum atomic E-state index is 0.0607. The molecule has 0 bridgehead atoms. The second kappa shape index (κ2) is 6.41. The topological polar surface area (TPSA) is 18.5 Å². The molecule has 0 N–H and O–H groups in total. The minimum absolute atomic E-state index is 0.0607. The highest BCUT2D eigenvalue weighted by atomic mass is 16.7. The number of unbranched alkanes of at least 4 members (excludes halogenated alkanes) is 3. The summed E-state index contributed by atoms with van der Waals surface area (Å²) in [6.07, 6.45) is 8.06. The third-order valence-electron chi connectivity index (χ3n) is 2.73. The predicted octanol–water partition coefficient (Wildman–Crippen LogP) is 3.50. The maximum absolute atomic E-state index is 5.71. The molecule has 84 valence electrons. The highest BCUT2D eigenvalue weighted by Gasteiger charge is 2.23. The number of rotatable bonds is 5. The van der Waals surface area contributed by atoms with E-state index in [0.29, 0.717) is 12.2 Å².